The number of fused-ring (bicyclic) bond motifs is 1. The summed E-state index contributed by atoms with van der Waals surface area (Å²) in [7, 11) is 0. The zero-order valence-corrected chi connectivity index (χ0v) is 20.2. The minimum absolute atomic E-state index is 0.357. The molecule has 5 rings (SSSR count). The zero-order chi connectivity index (χ0) is 23.5. The van der Waals surface area contributed by atoms with Crippen LogP contribution in [0.5, 0.6) is 5.75 Å². The van der Waals surface area contributed by atoms with E-state index in [2.05, 4.69) is 38.8 Å². The third-order valence-electron chi connectivity index (χ3n) is 5.40. The fourth-order valence-corrected chi connectivity index (χ4v) is 4.24. The van der Waals surface area contributed by atoms with Gasteiger partial charge in [-0.25, -0.2) is 9.77 Å². The van der Waals surface area contributed by atoms with Crippen LogP contribution >= 0.6 is 35.4 Å². The predicted molar refractivity (Wildman–Crippen MR) is 138 cm³/mol. The van der Waals surface area contributed by atoms with Crippen molar-refractivity contribution in [2.24, 2.45) is 0 Å². The minimum Gasteiger partial charge on any atom is -0.489 e. The van der Waals surface area contributed by atoms with Gasteiger partial charge in [-0.3, -0.25) is 4.98 Å². The van der Waals surface area contributed by atoms with E-state index < -0.39 is 0 Å². The number of hydrogen-bond acceptors (Lipinski definition) is 5. The summed E-state index contributed by atoms with van der Waals surface area (Å²) in [6, 6.07) is 21.5. The van der Waals surface area contributed by atoms with Crippen LogP contribution in [0.25, 0.3) is 22.2 Å². The Morgan fingerprint density at radius 3 is 2.62 bits per heavy atom. The summed E-state index contributed by atoms with van der Waals surface area (Å²) in [6.45, 7) is 0.819. The molecule has 2 aromatic heterocycles. The van der Waals surface area contributed by atoms with Crippen molar-refractivity contribution in [3.05, 3.63) is 105 Å². The van der Waals surface area contributed by atoms with Crippen LogP contribution in [0.2, 0.25) is 10.0 Å². The fraction of sp³-hybridized carbons (Fsp3) is 0.0800. The maximum atomic E-state index is 6.23. The van der Waals surface area contributed by atoms with E-state index in [1.807, 2.05) is 42.5 Å². The lowest BCUT2D eigenvalue weighted by Crippen LogP contribution is -2.17. The van der Waals surface area contributed by atoms with Crippen molar-refractivity contribution in [3.63, 3.8) is 0 Å². The predicted octanol–water partition coefficient (Wildman–Crippen LogP) is 6.79. The van der Waals surface area contributed by atoms with Gasteiger partial charge in [-0.1, -0.05) is 59.6 Å². The summed E-state index contributed by atoms with van der Waals surface area (Å²) in [4.78, 5) is 4.08. The SMILES string of the molecule is S=c1[nH]nc(-c2ccncc2)n1NCc1c(OCc2ccc(Cl)c(Cl)c2)ccc2ccccc12. The van der Waals surface area contributed by atoms with E-state index in [1.165, 1.54) is 0 Å². The number of rotatable bonds is 7. The third kappa shape index (κ3) is 4.63. The average molecular weight is 508 g/mol. The van der Waals surface area contributed by atoms with Crippen LogP contribution in [0.15, 0.2) is 79.1 Å². The van der Waals surface area contributed by atoms with Crippen LogP contribution in [0.1, 0.15) is 11.1 Å². The van der Waals surface area contributed by atoms with Crippen molar-refractivity contribution >= 4 is 46.2 Å². The van der Waals surface area contributed by atoms with Gasteiger partial charge in [0.1, 0.15) is 12.4 Å². The molecule has 0 spiro atoms. The lowest BCUT2D eigenvalue weighted by molar-refractivity contribution is 0.303. The maximum Gasteiger partial charge on any atom is 0.214 e. The van der Waals surface area contributed by atoms with E-state index in [4.69, 9.17) is 40.2 Å². The highest BCUT2D eigenvalue weighted by molar-refractivity contribution is 7.71. The Morgan fingerprint density at radius 2 is 1.79 bits per heavy atom. The number of pyridine rings is 1. The molecule has 0 fully saturated rings. The van der Waals surface area contributed by atoms with Crippen molar-refractivity contribution in [1.82, 2.24) is 19.9 Å². The zero-order valence-electron chi connectivity index (χ0n) is 17.8. The Balaban J connectivity index is 1.46. The molecule has 5 aromatic rings. The van der Waals surface area contributed by atoms with Crippen LogP contribution in [0, 0.1) is 4.77 Å². The minimum atomic E-state index is 0.357. The van der Waals surface area contributed by atoms with Gasteiger partial charge in [0.05, 0.1) is 16.6 Å². The number of benzene rings is 3. The number of aromatic nitrogens is 4. The molecule has 0 aliphatic rings. The standard InChI is InChI=1S/C25H19Cl2N5OS/c26-21-7-5-16(13-22(21)27)15-33-23-8-6-17-3-1-2-4-19(17)20(23)14-29-32-24(30-31-25(32)34)18-9-11-28-12-10-18/h1-13,29H,14-15H2,(H,31,34). The summed E-state index contributed by atoms with van der Waals surface area (Å²) in [6.07, 6.45) is 3.44. The quantitative estimate of drug-likeness (QED) is 0.237. The van der Waals surface area contributed by atoms with Gasteiger partial charge in [-0.2, -0.15) is 5.10 Å². The van der Waals surface area contributed by atoms with Gasteiger partial charge < -0.3 is 10.2 Å². The highest BCUT2D eigenvalue weighted by Gasteiger charge is 2.13. The van der Waals surface area contributed by atoms with Crippen molar-refractivity contribution in [2.45, 2.75) is 13.2 Å². The normalized spacial score (nSPS) is 11.0. The molecule has 34 heavy (non-hydrogen) atoms. The van der Waals surface area contributed by atoms with Gasteiger partial charge in [0.15, 0.2) is 5.82 Å². The summed E-state index contributed by atoms with van der Waals surface area (Å²) >= 11 is 17.7. The molecule has 0 radical (unpaired) electrons. The van der Waals surface area contributed by atoms with Crippen LogP contribution in [-0.2, 0) is 13.2 Å². The van der Waals surface area contributed by atoms with Crippen molar-refractivity contribution in [1.29, 1.82) is 0 Å². The second kappa shape index (κ2) is 9.85. The van der Waals surface area contributed by atoms with Crippen LogP contribution in [0.4, 0.5) is 0 Å². The van der Waals surface area contributed by atoms with E-state index in [-0.39, 0.29) is 0 Å². The van der Waals surface area contributed by atoms with Crippen molar-refractivity contribution < 1.29 is 4.74 Å². The van der Waals surface area contributed by atoms with Crippen LogP contribution in [-0.4, -0.2) is 19.9 Å². The van der Waals surface area contributed by atoms with E-state index >= 15 is 0 Å². The molecular weight excluding hydrogens is 489 g/mol. The molecular formula is C25H19Cl2N5OS. The Hall–Kier alpha value is -3.39. The van der Waals surface area contributed by atoms with Gasteiger partial charge >= 0.3 is 0 Å². The number of ether oxygens (including phenoxy) is 1. The molecule has 0 bridgehead atoms. The molecule has 6 nitrogen and oxygen atoms in total. The van der Waals surface area contributed by atoms with Crippen LogP contribution in [0.3, 0.4) is 0 Å². The van der Waals surface area contributed by atoms with E-state index in [9.17, 15) is 0 Å². The highest BCUT2D eigenvalue weighted by atomic mass is 35.5. The molecule has 0 aliphatic carbocycles. The number of halogens is 2. The van der Waals surface area contributed by atoms with E-state index in [0.717, 1.165) is 33.2 Å². The molecule has 0 saturated heterocycles. The Kier molecular flexibility index (Phi) is 6.49. The maximum absolute atomic E-state index is 6.23. The van der Waals surface area contributed by atoms with Gasteiger partial charge in [0.25, 0.3) is 0 Å². The topological polar surface area (TPSA) is 67.8 Å². The van der Waals surface area contributed by atoms with E-state index in [0.29, 0.717) is 33.8 Å². The van der Waals surface area contributed by atoms with Gasteiger partial charge in [0, 0.05) is 23.5 Å². The Morgan fingerprint density at radius 1 is 0.971 bits per heavy atom. The first kappa shape index (κ1) is 22.4. The largest absolute Gasteiger partial charge is 0.489 e. The van der Waals surface area contributed by atoms with Gasteiger partial charge in [-0.15, -0.1) is 0 Å². The first-order chi connectivity index (χ1) is 16.6. The molecule has 9 heteroatoms. The first-order valence-corrected chi connectivity index (χ1v) is 11.7. The second-order valence-electron chi connectivity index (χ2n) is 7.56. The first-order valence-electron chi connectivity index (χ1n) is 10.5. The summed E-state index contributed by atoms with van der Waals surface area (Å²) < 4.78 is 8.45. The average Bonchev–Trinajstić information content (AvgIpc) is 3.24. The summed E-state index contributed by atoms with van der Waals surface area (Å²) in [5.74, 6) is 1.43. The molecule has 0 unspecified atom stereocenters. The van der Waals surface area contributed by atoms with E-state index in [1.54, 1.807) is 23.1 Å². The third-order valence-corrected chi connectivity index (χ3v) is 6.41. The smallest absolute Gasteiger partial charge is 0.214 e. The highest BCUT2D eigenvalue weighted by Crippen LogP contribution is 2.30. The molecule has 2 N–H and O–H groups in total. The lowest BCUT2D eigenvalue weighted by atomic mass is 10.0. The molecule has 0 amide bonds. The number of aromatic amines is 1. The number of nitrogens with zero attached hydrogens (tertiary/aromatic N) is 3. The fourth-order valence-electron chi connectivity index (χ4n) is 3.72. The number of H-pyrrole nitrogens is 1. The molecule has 2 heterocycles. The number of nitrogens with one attached hydrogen (secondary N) is 2. The summed E-state index contributed by atoms with van der Waals surface area (Å²) in [5.41, 5.74) is 6.23. The van der Waals surface area contributed by atoms with Crippen molar-refractivity contribution in [2.75, 3.05) is 5.43 Å². The molecule has 0 aliphatic heterocycles. The summed E-state index contributed by atoms with van der Waals surface area (Å²) in [5, 5.41) is 10.5. The van der Waals surface area contributed by atoms with Gasteiger partial charge in [0.2, 0.25) is 4.77 Å². The molecule has 170 valence electrons. The molecule has 3 aromatic carbocycles. The monoisotopic (exact) mass is 507 g/mol. The second-order valence-corrected chi connectivity index (χ2v) is 8.76. The molecule has 0 atom stereocenters. The van der Waals surface area contributed by atoms with Gasteiger partial charge in [-0.05, 0) is 58.9 Å². The van der Waals surface area contributed by atoms with Crippen LogP contribution < -0.4 is 10.2 Å². The number of hydrogen-bond donors (Lipinski definition) is 2. The lowest BCUT2D eigenvalue weighted by Gasteiger charge is -2.17. The molecule has 0 saturated carbocycles. The Labute approximate surface area is 211 Å². The Bertz CT molecular complexity index is 1520. The van der Waals surface area contributed by atoms with Crippen molar-refractivity contribution in [3.8, 4) is 17.1 Å².